The maximum absolute atomic E-state index is 13.5. The summed E-state index contributed by atoms with van der Waals surface area (Å²) in [5, 5.41) is 11.5. The van der Waals surface area contributed by atoms with Crippen molar-refractivity contribution in [1.29, 1.82) is 0 Å². The molecule has 1 heterocycles. The first-order valence-corrected chi connectivity index (χ1v) is 14.5. The molecule has 1 amide bonds. The molecule has 0 aliphatic rings. The lowest BCUT2D eigenvalue weighted by Gasteiger charge is -2.24. The van der Waals surface area contributed by atoms with E-state index in [2.05, 4.69) is 15.5 Å². The highest BCUT2D eigenvalue weighted by molar-refractivity contribution is 8.00. The van der Waals surface area contributed by atoms with E-state index in [4.69, 9.17) is 11.6 Å². The molecule has 186 valence electrons. The average molecular weight is 559 g/mol. The number of nitrogens with zero attached hydrogens (tertiary/aromatic N) is 3. The summed E-state index contributed by atoms with van der Waals surface area (Å²) in [7, 11) is -4.04. The Kier molecular flexibility index (Phi) is 8.30. The molecular formula is C25H23ClN4O3S3. The minimum absolute atomic E-state index is 0.0770. The maximum atomic E-state index is 13.5. The second-order valence-corrected chi connectivity index (χ2v) is 12.4. The number of halogens is 1. The van der Waals surface area contributed by atoms with Gasteiger partial charge in [-0.05, 0) is 49.2 Å². The van der Waals surface area contributed by atoms with Crippen LogP contribution in [0.2, 0.25) is 5.02 Å². The highest BCUT2D eigenvalue weighted by Gasteiger charge is 2.28. The maximum Gasteiger partial charge on any atom is 0.264 e. The smallest absolute Gasteiger partial charge is 0.264 e. The van der Waals surface area contributed by atoms with E-state index in [0.29, 0.717) is 14.5 Å². The van der Waals surface area contributed by atoms with Crippen LogP contribution in [0.3, 0.4) is 0 Å². The molecular weight excluding hydrogens is 536 g/mol. The van der Waals surface area contributed by atoms with E-state index in [1.807, 2.05) is 44.2 Å². The Bertz CT molecular complexity index is 1460. The first kappa shape index (κ1) is 26.2. The van der Waals surface area contributed by atoms with E-state index in [1.54, 1.807) is 30.3 Å². The van der Waals surface area contributed by atoms with Crippen molar-refractivity contribution in [2.24, 2.45) is 0 Å². The SMILES string of the molecule is Cc1ccc(S(=O)(=O)N(CC(=O)Nc2nnc(SCc3ccccc3)s2)c2ccc(C)c(Cl)c2)cc1. The van der Waals surface area contributed by atoms with Gasteiger partial charge in [0.05, 0.1) is 10.6 Å². The Morgan fingerprint density at radius 1 is 1.03 bits per heavy atom. The van der Waals surface area contributed by atoms with Crippen molar-refractivity contribution in [3.05, 3.63) is 94.5 Å². The number of sulfonamides is 1. The Hall–Kier alpha value is -2.92. The molecule has 11 heteroatoms. The largest absolute Gasteiger partial charge is 0.299 e. The second kappa shape index (κ2) is 11.4. The number of anilines is 2. The molecule has 0 bridgehead atoms. The minimum Gasteiger partial charge on any atom is -0.299 e. The Morgan fingerprint density at radius 2 is 1.75 bits per heavy atom. The van der Waals surface area contributed by atoms with Gasteiger partial charge in [0.2, 0.25) is 11.0 Å². The molecule has 0 radical (unpaired) electrons. The standard InChI is InChI=1S/C25H23ClN4O3S3/c1-17-8-12-21(13-9-17)36(32,33)30(20-11-10-18(2)22(26)14-20)15-23(31)27-24-28-29-25(35-24)34-16-19-6-4-3-5-7-19/h3-14H,15-16H2,1-2H3,(H,27,28,31). The number of amides is 1. The van der Waals surface area contributed by atoms with Gasteiger partial charge in [0.15, 0.2) is 4.34 Å². The van der Waals surface area contributed by atoms with Crippen LogP contribution < -0.4 is 9.62 Å². The fraction of sp³-hybridized carbons (Fsp3) is 0.160. The fourth-order valence-corrected chi connectivity index (χ4v) is 6.53. The van der Waals surface area contributed by atoms with E-state index in [0.717, 1.165) is 26.7 Å². The zero-order valence-electron chi connectivity index (χ0n) is 19.5. The lowest BCUT2D eigenvalue weighted by atomic mass is 10.2. The number of hydrogen-bond donors (Lipinski definition) is 1. The fourth-order valence-electron chi connectivity index (χ4n) is 3.22. The summed E-state index contributed by atoms with van der Waals surface area (Å²) in [6.45, 7) is 3.23. The van der Waals surface area contributed by atoms with Crippen LogP contribution in [0.1, 0.15) is 16.7 Å². The predicted octanol–water partition coefficient (Wildman–Crippen LogP) is 5.93. The van der Waals surface area contributed by atoms with E-state index < -0.39 is 22.5 Å². The van der Waals surface area contributed by atoms with Crippen molar-refractivity contribution in [2.75, 3.05) is 16.2 Å². The third kappa shape index (κ3) is 6.44. The van der Waals surface area contributed by atoms with Gasteiger partial charge < -0.3 is 0 Å². The van der Waals surface area contributed by atoms with E-state index >= 15 is 0 Å². The van der Waals surface area contributed by atoms with Crippen LogP contribution in [-0.4, -0.2) is 31.1 Å². The van der Waals surface area contributed by atoms with Crippen LogP contribution in [0.5, 0.6) is 0 Å². The number of nitrogens with one attached hydrogen (secondary N) is 1. The van der Waals surface area contributed by atoms with Gasteiger partial charge in [-0.1, -0.05) is 88.8 Å². The van der Waals surface area contributed by atoms with Crippen LogP contribution in [0, 0.1) is 13.8 Å². The molecule has 3 aromatic carbocycles. The molecule has 0 fully saturated rings. The van der Waals surface area contributed by atoms with E-state index in [-0.39, 0.29) is 10.6 Å². The van der Waals surface area contributed by atoms with Crippen LogP contribution >= 0.6 is 34.7 Å². The highest BCUT2D eigenvalue weighted by Crippen LogP contribution is 2.30. The van der Waals surface area contributed by atoms with Gasteiger partial charge in [0, 0.05) is 10.8 Å². The summed E-state index contributed by atoms with van der Waals surface area (Å²) in [5.74, 6) is 0.179. The van der Waals surface area contributed by atoms with Gasteiger partial charge >= 0.3 is 0 Å². The molecule has 0 unspecified atom stereocenters. The van der Waals surface area contributed by atoms with Gasteiger partial charge in [-0.2, -0.15) is 0 Å². The highest BCUT2D eigenvalue weighted by atomic mass is 35.5. The number of hydrogen-bond acceptors (Lipinski definition) is 7. The topological polar surface area (TPSA) is 92.3 Å². The zero-order chi connectivity index (χ0) is 25.7. The third-order valence-electron chi connectivity index (χ3n) is 5.20. The monoisotopic (exact) mass is 558 g/mol. The molecule has 0 saturated carbocycles. The first-order chi connectivity index (χ1) is 17.2. The molecule has 0 spiro atoms. The van der Waals surface area contributed by atoms with Gasteiger partial charge in [-0.25, -0.2) is 8.42 Å². The number of benzene rings is 3. The summed E-state index contributed by atoms with van der Waals surface area (Å²) in [5.41, 5.74) is 3.16. The van der Waals surface area contributed by atoms with Crippen molar-refractivity contribution in [3.63, 3.8) is 0 Å². The summed E-state index contributed by atoms with van der Waals surface area (Å²) in [6.07, 6.45) is 0. The van der Waals surface area contributed by atoms with Crippen LogP contribution in [0.15, 0.2) is 82.0 Å². The Balaban J connectivity index is 1.52. The molecule has 0 saturated heterocycles. The van der Waals surface area contributed by atoms with Crippen LogP contribution in [0.25, 0.3) is 0 Å². The zero-order valence-corrected chi connectivity index (χ0v) is 22.7. The predicted molar refractivity (Wildman–Crippen MR) is 146 cm³/mol. The summed E-state index contributed by atoms with van der Waals surface area (Å²) >= 11 is 9.02. The Morgan fingerprint density at radius 3 is 2.44 bits per heavy atom. The van der Waals surface area contributed by atoms with Gasteiger partial charge in [-0.3, -0.25) is 14.4 Å². The van der Waals surface area contributed by atoms with Gasteiger partial charge in [0.25, 0.3) is 10.0 Å². The number of carbonyl (C=O) groups is 1. The lowest BCUT2D eigenvalue weighted by molar-refractivity contribution is -0.114. The number of rotatable bonds is 9. The summed E-state index contributed by atoms with van der Waals surface area (Å²) < 4.78 is 28.8. The van der Waals surface area contributed by atoms with Crippen molar-refractivity contribution < 1.29 is 13.2 Å². The van der Waals surface area contributed by atoms with Gasteiger partial charge in [0.1, 0.15) is 6.54 Å². The number of thioether (sulfide) groups is 1. The minimum atomic E-state index is -4.04. The third-order valence-corrected chi connectivity index (χ3v) is 9.44. The molecule has 4 aromatic rings. The van der Waals surface area contributed by atoms with E-state index in [1.165, 1.54) is 35.2 Å². The molecule has 1 N–H and O–H groups in total. The van der Waals surface area contributed by atoms with Crippen molar-refractivity contribution >= 4 is 61.4 Å². The van der Waals surface area contributed by atoms with Crippen molar-refractivity contribution in [1.82, 2.24) is 10.2 Å². The summed E-state index contributed by atoms with van der Waals surface area (Å²) in [4.78, 5) is 13.0. The molecule has 4 rings (SSSR count). The van der Waals surface area contributed by atoms with Crippen molar-refractivity contribution in [2.45, 2.75) is 28.8 Å². The molecule has 0 aliphatic heterocycles. The van der Waals surface area contributed by atoms with Crippen LogP contribution in [-0.2, 0) is 20.6 Å². The van der Waals surface area contributed by atoms with Crippen LogP contribution in [0.4, 0.5) is 10.8 Å². The lowest BCUT2D eigenvalue weighted by Crippen LogP contribution is -2.38. The molecule has 0 atom stereocenters. The second-order valence-electron chi connectivity index (χ2n) is 7.95. The van der Waals surface area contributed by atoms with Crippen molar-refractivity contribution in [3.8, 4) is 0 Å². The number of aryl methyl sites for hydroxylation is 2. The van der Waals surface area contributed by atoms with Gasteiger partial charge in [-0.15, -0.1) is 10.2 Å². The Labute approximate surface area is 223 Å². The molecule has 7 nitrogen and oxygen atoms in total. The number of carbonyl (C=O) groups excluding carboxylic acids is 1. The summed E-state index contributed by atoms with van der Waals surface area (Å²) in [6, 6.07) is 21.3. The normalized spacial score (nSPS) is 11.3. The number of aromatic nitrogens is 2. The quantitative estimate of drug-likeness (QED) is 0.202. The average Bonchev–Trinajstić information content (AvgIpc) is 3.31. The molecule has 1 aromatic heterocycles. The molecule has 36 heavy (non-hydrogen) atoms. The molecule has 0 aliphatic carbocycles. The van der Waals surface area contributed by atoms with E-state index in [9.17, 15) is 13.2 Å². The first-order valence-electron chi connectivity index (χ1n) is 10.9.